The lowest BCUT2D eigenvalue weighted by Gasteiger charge is -2.26. The quantitative estimate of drug-likeness (QED) is 0.162. The molecule has 0 saturated carbocycles. The van der Waals surface area contributed by atoms with Gasteiger partial charge in [-0.2, -0.15) is 5.10 Å². The highest BCUT2D eigenvalue weighted by Gasteiger charge is 2.25. The van der Waals surface area contributed by atoms with Crippen LogP contribution in [-0.4, -0.2) is 118 Å². The first-order chi connectivity index (χ1) is 26.1. The van der Waals surface area contributed by atoms with Gasteiger partial charge in [0.25, 0.3) is 0 Å². The van der Waals surface area contributed by atoms with E-state index in [4.69, 9.17) is 9.47 Å². The fourth-order valence-electron chi connectivity index (χ4n) is 7.62. The molecular weight excluding hydrogens is 732 g/mol. The number of aromatic nitrogens is 6. The molecule has 2 aromatic carbocycles. The van der Waals surface area contributed by atoms with Crippen molar-refractivity contribution < 1.29 is 9.47 Å². The predicted molar refractivity (Wildman–Crippen MR) is 211 cm³/mol. The minimum absolute atomic E-state index is 0.850. The highest BCUT2D eigenvalue weighted by atomic mass is 79.9. The number of benzene rings is 2. The van der Waals surface area contributed by atoms with E-state index in [2.05, 4.69) is 97.8 Å². The van der Waals surface area contributed by atoms with Crippen LogP contribution in [0.15, 0.2) is 65.9 Å². The average Bonchev–Trinajstić information content (AvgIpc) is 3.91. The summed E-state index contributed by atoms with van der Waals surface area (Å²) in [6.45, 7) is 11.6. The first-order valence-electron chi connectivity index (χ1n) is 18.8. The molecule has 0 atom stereocenters. The molecule has 53 heavy (non-hydrogen) atoms. The van der Waals surface area contributed by atoms with E-state index in [0.717, 1.165) is 143 Å². The molecular formula is C40H47BrN10O2. The Morgan fingerprint density at radius 1 is 0.679 bits per heavy atom. The second-order valence-electron chi connectivity index (χ2n) is 14.0. The van der Waals surface area contributed by atoms with E-state index in [0.29, 0.717) is 0 Å². The average molecular weight is 780 g/mol. The number of halogens is 1. The van der Waals surface area contributed by atoms with E-state index in [-0.39, 0.29) is 0 Å². The second-order valence-corrected chi connectivity index (χ2v) is 14.9. The van der Waals surface area contributed by atoms with E-state index in [1.807, 2.05) is 24.1 Å². The van der Waals surface area contributed by atoms with Gasteiger partial charge in [0.05, 0.1) is 44.0 Å². The van der Waals surface area contributed by atoms with E-state index >= 15 is 0 Å². The van der Waals surface area contributed by atoms with Gasteiger partial charge in [0.15, 0.2) is 0 Å². The summed E-state index contributed by atoms with van der Waals surface area (Å²) in [5.74, 6) is 1.90. The zero-order chi connectivity index (χ0) is 36.0. The first-order valence-corrected chi connectivity index (χ1v) is 19.5. The molecule has 2 saturated heterocycles. The van der Waals surface area contributed by atoms with Crippen molar-refractivity contribution in [2.75, 3.05) is 89.4 Å². The normalized spacial score (nSPS) is 16.3. The number of fused-ring (bicyclic) bond motifs is 6. The van der Waals surface area contributed by atoms with Crippen molar-refractivity contribution in [2.45, 2.75) is 25.7 Å². The Balaban J connectivity index is 0.000000154. The molecule has 0 bridgehead atoms. The van der Waals surface area contributed by atoms with Crippen molar-refractivity contribution in [3.63, 3.8) is 0 Å². The monoisotopic (exact) mass is 778 g/mol. The maximum atomic E-state index is 5.42. The van der Waals surface area contributed by atoms with Crippen LogP contribution in [0.5, 0.6) is 0 Å². The number of nitrogens with one attached hydrogen (secondary N) is 2. The van der Waals surface area contributed by atoms with Gasteiger partial charge in [-0.25, -0.2) is 19.9 Å². The Hall–Kier alpha value is -4.27. The number of hydrogen-bond donors (Lipinski definition) is 2. The van der Waals surface area contributed by atoms with Gasteiger partial charge in [0.1, 0.15) is 24.3 Å². The van der Waals surface area contributed by atoms with Crippen molar-refractivity contribution in [2.24, 2.45) is 7.05 Å². The number of ether oxygens (including phenoxy) is 2. The molecule has 2 N–H and O–H groups in total. The molecule has 2 aliphatic heterocycles. The zero-order valence-electron chi connectivity index (χ0n) is 30.4. The number of rotatable bonds is 11. The van der Waals surface area contributed by atoms with Gasteiger partial charge in [0.2, 0.25) is 0 Å². The lowest BCUT2D eigenvalue weighted by atomic mass is 10.0. The maximum Gasteiger partial charge on any atom is 0.137 e. The first kappa shape index (κ1) is 35.7. The highest BCUT2D eigenvalue weighted by molar-refractivity contribution is 9.10. The fourth-order valence-corrected chi connectivity index (χ4v) is 7.99. The third-order valence-electron chi connectivity index (χ3n) is 10.4. The summed E-state index contributed by atoms with van der Waals surface area (Å²) in [5.41, 5.74) is 12.0. The third-order valence-corrected chi connectivity index (χ3v) is 10.9. The molecule has 3 aromatic heterocycles. The smallest absolute Gasteiger partial charge is 0.137 e. The molecule has 2 fully saturated rings. The summed E-state index contributed by atoms with van der Waals surface area (Å²) in [5, 5.41) is 11.4. The Morgan fingerprint density at radius 3 is 1.77 bits per heavy atom. The van der Waals surface area contributed by atoms with E-state index in [9.17, 15) is 0 Å². The van der Waals surface area contributed by atoms with Crippen molar-refractivity contribution >= 4 is 27.6 Å². The van der Waals surface area contributed by atoms with Crippen LogP contribution >= 0.6 is 15.9 Å². The molecule has 2 aliphatic carbocycles. The summed E-state index contributed by atoms with van der Waals surface area (Å²) < 4.78 is 13.7. The maximum absolute atomic E-state index is 5.42. The number of hydrogen-bond acceptors (Lipinski definition) is 11. The van der Waals surface area contributed by atoms with Gasteiger partial charge in [0, 0.05) is 86.5 Å². The van der Waals surface area contributed by atoms with Crippen LogP contribution in [0.1, 0.15) is 35.4 Å². The van der Waals surface area contributed by atoms with Crippen LogP contribution in [0.2, 0.25) is 0 Å². The summed E-state index contributed by atoms with van der Waals surface area (Å²) in [7, 11) is 1.94. The molecule has 276 valence electrons. The predicted octanol–water partition coefficient (Wildman–Crippen LogP) is 5.53. The number of aryl methyl sites for hydroxylation is 1. The molecule has 9 rings (SSSR count). The lowest BCUT2D eigenvalue weighted by Crippen LogP contribution is -2.37. The number of nitrogens with zero attached hydrogens (tertiary/aromatic N) is 8. The van der Waals surface area contributed by atoms with Crippen LogP contribution in [0.4, 0.5) is 11.6 Å². The summed E-state index contributed by atoms with van der Waals surface area (Å²) in [6, 6.07) is 13.1. The Labute approximate surface area is 319 Å². The van der Waals surface area contributed by atoms with Gasteiger partial charge in [-0.3, -0.25) is 14.5 Å². The lowest BCUT2D eigenvalue weighted by molar-refractivity contribution is 0.0378. The van der Waals surface area contributed by atoms with Crippen molar-refractivity contribution in [3.8, 4) is 33.4 Å². The summed E-state index contributed by atoms with van der Waals surface area (Å²) in [6.07, 6.45) is 11.2. The zero-order valence-corrected chi connectivity index (χ0v) is 31.9. The molecule has 5 aromatic rings. The molecule has 5 heterocycles. The van der Waals surface area contributed by atoms with Crippen molar-refractivity contribution in [3.05, 3.63) is 88.4 Å². The minimum atomic E-state index is 0.850. The van der Waals surface area contributed by atoms with Gasteiger partial charge in [-0.1, -0.05) is 34.1 Å². The van der Waals surface area contributed by atoms with Gasteiger partial charge in [-0.15, -0.1) is 0 Å². The molecule has 13 heteroatoms. The standard InChI is InChI=1S/C22H26N6O.C18H21BrN4O/c1-27-14-18(13-26-27)16-3-4-17-12-20-21(19(17)11-16)22(25-15-24-20)23-5-2-6-28-7-9-29-10-8-28;19-14-3-2-13-10-16-17(15(13)11-14)18(22-12-21-16)20-4-1-5-23-6-8-24-9-7-23/h3-4,11,13-15H,2,5-10,12H2,1H3,(H,23,24,25);2-3,11-12H,1,4-10H2,(H,20,21,22). The second kappa shape index (κ2) is 16.8. The van der Waals surface area contributed by atoms with Crippen molar-refractivity contribution in [1.29, 1.82) is 0 Å². The highest BCUT2D eigenvalue weighted by Crippen LogP contribution is 2.42. The van der Waals surface area contributed by atoms with Crippen LogP contribution < -0.4 is 10.6 Å². The topological polar surface area (TPSA) is 118 Å². The Bertz CT molecular complexity index is 2030. The van der Waals surface area contributed by atoms with Gasteiger partial charge >= 0.3 is 0 Å². The van der Waals surface area contributed by atoms with Crippen LogP contribution in [0, 0.1) is 0 Å². The van der Waals surface area contributed by atoms with Crippen LogP contribution in [-0.2, 0) is 29.4 Å². The minimum Gasteiger partial charge on any atom is -0.379 e. The Kier molecular flexibility index (Phi) is 11.3. The molecule has 0 spiro atoms. The molecule has 4 aliphatic rings. The summed E-state index contributed by atoms with van der Waals surface area (Å²) in [4.78, 5) is 23.0. The number of anilines is 2. The van der Waals surface area contributed by atoms with E-state index < -0.39 is 0 Å². The third kappa shape index (κ3) is 8.44. The largest absolute Gasteiger partial charge is 0.379 e. The molecule has 0 unspecified atom stereocenters. The fraction of sp³-hybridized carbons (Fsp3) is 0.425. The van der Waals surface area contributed by atoms with Gasteiger partial charge in [-0.05, 0) is 71.9 Å². The molecule has 0 radical (unpaired) electrons. The van der Waals surface area contributed by atoms with Crippen LogP contribution in [0.25, 0.3) is 33.4 Å². The van der Waals surface area contributed by atoms with Crippen molar-refractivity contribution in [1.82, 2.24) is 39.5 Å². The van der Waals surface area contributed by atoms with E-state index in [1.165, 1.54) is 33.4 Å². The van der Waals surface area contributed by atoms with Gasteiger partial charge < -0.3 is 20.1 Å². The van der Waals surface area contributed by atoms with E-state index in [1.54, 1.807) is 12.7 Å². The Morgan fingerprint density at radius 2 is 1.23 bits per heavy atom. The summed E-state index contributed by atoms with van der Waals surface area (Å²) >= 11 is 3.57. The molecule has 0 amide bonds. The SMILES string of the molecule is Brc1ccc2c(c1)-c1c(ncnc1NCCCN1CCOCC1)C2.Cn1cc(-c2ccc3c(c2)-c2c(ncnc2NCCCN2CCOCC2)C3)cn1. The molecule has 12 nitrogen and oxygen atoms in total. The number of morpholine rings is 2. The van der Waals surface area contributed by atoms with Crippen LogP contribution in [0.3, 0.4) is 0 Å².